The Bertz CT molecular complexity index is 2640. The van der Waals surface area contributed by atoms with Crippen molar-refractivity contribution >= 4 is 73.9 Å². The van der Waals surface area contributed by atoms with E-state index in [1.165, 1.54) is 75.0 Å². The predicted octanol–water partition coefficient (Wildman–Crippen LogP) is 14.2. The molecule has 0 bridgehead atoms. The number of thioether (sulfide) groups is 1. The normalized spacial score (nSPS) is 11.2. The van der Waals surface area contributed by atoms with Crippen LogP contribution in [0.5, 0.6) is 11.5 Å². The van der Waals surface area contributed by atoms with Crippen LogP contribution in [0.4, 0.5) is 5.69 Å². The number of aromatic hydroxyl groups is 1. The number of aryl methyl sites for hydroxylation is 1. The number of halogens is 1. The van der Waals surface area contributed by atoms with Gasteiger partial charge in [0.15, 0.2) is 10.9 Å². The summed E-state index contributed by atoms with van der Waals surface area (Å²) in [5.74, 6) is 1.60. The van der Waals surface area contributed by atoms with E-state index in [-0.39, 0.29) is 51.9 Å². The van der Waals surface area contributed by atoms with Crippen LogP contribution in [-0.2, 0) is 54.9 Å². The maximum absolute atomic E-state index is 11.9. The number of amides is 1. The summed E-state index contributed by atoms with van der Waals surface area (Å²) in [6.45, 7) is 8.29. The third-order valence-corrected chi connectivity index (χ3v) is 15.9. The number of anilines is 1. The summed E-state index contributed by atoms with van der Waals surface area (Å²) in [5.41, 5.74) is 11.7. The molecule has 3 aromatic carbocycles. The van der Waals surface area contributed by atoms with E-state index in [1.54, 1.807) is 41.1 Å². The molecule has 87 heavy (non-hydrogen) atoms. The number of unbranched alkanes of at least 4 members (excludes halogenated alkanes) is 9. The fourth-order valence-electron chi connectivity index (χ4n) is 7.67. The number of aromatic nitrogens is 4. The topological polar surface area (TPSA) is 233 Å². The number of benzene rings is 3. The van der Waals surface area contributed by atoms with Gasteiger partial charge < -0.3 is 40.2 Å². The average molecular weight is 1360 g/mol. The number of para-hydroxylation sites is 3. The predicted molar refractivity (Wildman–Crippen MR) is 349 cm³/mol. The molecular formula is C67H85ClCu2N6O8S3+2. The Balaban J connectivity index is 0.00000112. The van der Waals surface area contributed by atoms with Crippen LogP contribution in [0.2, 0.25) is 0 Å². The molecule has 7 aromatic rings. The van der Waals surface area contributed by atoms with Gasteiger partial charge in [0.2, 0.25) is 0 Å². The zero-order valence-corrected chi connectivity index (χ0v) is 55.5. The van der Waals surface area contributed by atoms with E-state index in [2.05, 4.69) is 67.7 Å². The van der Waals surface area contributed by atoms with Gasteiger partial charge in [-0.25, -0.2) is 0 Å². The molecule has 1 saturated heterocycles. The summed E-state index contributed by atoms with van der Waals surface area (Å²) in [4.78, 5) is 58.5. The van der Waals surface area contributed by atoms with E-state index in [1.807, 2.05) is 141 Å². The number of nitrogens with zero attached hydrogens (tertiary/aromatic N) is 4. The number of phenols is 1. The van der Waals surface area contributed by atoms with Crippen molar-refractivity contribution in [3.63, 3.8) is 0 Å². The molecule has 5 heterocycles. The minimum Gasteiger partial charge on any atom is -0.550 e. The maximum atomic E-state index is 11.9. The summed E-state index contributed by atoms with van der Waals surface area (Å²) in [6.07, 6.45) is 25.0. The Kier molecular flexibility index (Phi) is 49.8. The number of carboxylic acid groups (broad SMARTS) is 2. The molecule has 4 aromatic heterocycles. The molecule has 0 aliphatic carbocycles. The third-order valence-electron chi connectivity index (χ3n) is 12.2. The fourth-order valence-corrected chi connectivity index (χ4v) is 11.0. The second-order valence-corrected chi connectivity index (χ2v) is 23.1. The number of carbonyl (C=O) groups excluding carboxylic acids is 4. The first kappa shape index (κ1) is 81.3. The first-order valence-corrected chi connectivity index (χ1v) is 32.6. The van der Waals surface area contributed by atoms with Crippen molar-refractivity contribution in [2.24, 2.45) is 5.73 Å². The third kappa shape index (κ3) is 40.4. The molecule has 1 aliphatic heterocycles. The number of carbonyl (C=O) groups is 4. The van der Waals surface area contributed by atoms with Gasteiger partial charge in [-0.3, -0.25) is 29.5 Å². The van der Waals surface area contributed by atoms with Crippen LogP contribution >= 0.6 is 45.2 Å². The van der Waals surface area contributed by atoms with Crippen molar-refractivity contribution in [1.29, 1.82) is 0 Å². The van der Waals surface area contributed by atoms with E-state index in [0.717, 1.165) is 90.8 Å². The Morgan fingerprint density at radius 1 is 0.632 bits per heavy atom. The zero-order chi connectivity index (χ0) is 62.1. The number of phenolic OH excluding ortho intramolecular Hbond substituents is 1. The first-order chi connectivity index (χ1) is 41.2. The molecule has 0 spiro atoms. The molecule has 1 amide bonds. The summed E-state index contributed by atoms with van der Waals surface area (Å²) in [5, 5.41) is 30.5. The molecule has 1 atom stereocenters. The van der Waals surface area contributed by atoms with Crippen LogP contribution in [0.25, 0.3) is 0 Å². The fraction of sp³-hybridized carbons (Fsp3) is 0.373. The Hall–Kier alpha value is -5.72. The van der Waals surface area contributed by atoms with Gasteiger partial charge in [0.05, 0.1) is 40.2 Å². The van der Waals surface area contributed by atoms with E-state index in [9.17, 15) is 14.7 Å². The van der Waals surface area contributed by atoms with Gasteiger partial charge in [-0.15, -0.1) is 0 Å². The SMILES string of the molecule is CC(=O)[O-].CC(=O)[O-].CCC(C)N.CCCCCCCCCCCCc1ccccc1O.O=C(Nc1ccccc1)c1ccccc1OCl.O=C1CCCSS1.[Cu+2].[Cu+2].c1ccc(C(CSCC(c2ccccn2)c2ccccn2)c2ccccn2)nc1. The number of nitrogens with one attached hydrogen (secondary N) is 1. The van der Waals surface area contributed by atoms with Crippen molar-refractivity contribution in [3.8, 4) is 11.5 Å². The van der Waals surface area contributed by atoms with E-state index in [4.69, 9.17) is 37.4 Å². The molecule has 20 heteroatoms. The molecule has 476 valence electrons. The second kappa shape index (κ2) is 53.3. The smallest absolute Gasteiger partial charge is 0.550 e. The second-order valence-electron chi connectivity index (χ2n) is 19.4. The van der Waals surface area contributed by atoms with Gasteiger partial charge in [-0.2, -0.15) is 11.8 Å². The molecule has 4 N–H and O–H groups in total. The van der Waals surface area contributed by atoms with Gasteiger partial charge in [-0.05, 0) is 142 Å². The minimum absolute atomic E-state index is 0. The van der Waals surface area contributed by atoms with E-state index >= 15 is 0 Å². The molecule has 0 saturated carbocycles. The van der Waals surface area contributed by atoms with Crippen LogP contribution < -0.4 is 25.6 Å². The quantitative estimate of drug-likeness (QED) is 0.0307. The van der Waals surface area contributed by atoms with Crippen molar-refractivity contribution in [2.45, 2.75) is 142 Å². The van der Waals surface area contributed by atoms with Crippen molar-refractivity contribution in [1.82, 2.24) is 19.9 Å². The van der Waals surface area contributed by atoms with Crippen molar-refractivity contribution < 1.29 is 72.9 Å². The standard InChI is InChI=1S/C24H22N4S.C18H30O.C13H10ClNO2.C4H11N.C4H6OS2.2C2H4O2.2Cu/c1-5-13-25-21(9-1)19(22-10-2-6-14-26-22)17-29-18-20(23-11-3-7-15-27-23)24-12-4-8-16-28-24;1-2-3-4-5-6-7-8-9-10-11-14-17-15-12-13-16-18(17)19;14-17-12-9-5-4-8-11(12)13(16)15-10-6-2-1-3-7-10;1-3-4(2)5;5-4-2-1-3-6-7-4;2*1-2(3)4;;/h1-16,19-20H,17-18H2;12-13,15-16,19H,2-11,14H2,1H3;1-9H,(H,15,16);4H,3,5H2,1-2H3;1-3H2;2*1H3,(H,3,4);;/q;;;;;;;2*+2/p-2. The van der Waals surface area contributed by atoms with Gasteiger partial charge >= 0.3 is 34.1 Å². The molecule has 1 unspecified atom stereocenters. The molecule has 2 radical (unpaired) electrons. The number of hydrogen-bond donors (Lipinski definition) is 3. The minimum atomic E-state index is -1.08. The summed E-state index contributed by atoms with van der Waals surface area (Å²) >= 11 is 7.19. The Morgan fingerprint density at radius 2 is 1.03 bits per heavy atom. The summed E-state index contributed by atoms with van der Waals surface area (Å²) < 4.78 is 4.62. The average Bonchev–Trinajstić information content (AvgIpc) is 3.51. The largest absolute Gasteiger partial charge is 2.00 e. The Morgan fingerprint density at radius 3 is 1.40 bits per heavy atom. The summed E-state index contributed by atoms with van der Waals surface area (Å²) in [6, 6.07) is 48.3. The van der Waals surface area contributed by atoms with Crippen LogP contribution in [0.15, 0.2) is 176 Å². The molecule has 1 aliphatic rings. The molecule has 14 nitrogen and oxygen atoms in total. The van der Waals surface area contributed by atoms with Crippen LogP contribution in [0.3, 0.4) is 0 Å². The van der Waals surface area contributed by atoms with E-state index in [0.29, 0.717) is 28.2 Å². The zero-order valence-electron chi connectivity index (χ0n) is 50.4. The number of nitrogens with two attached hydrogens (primary N) is 1. The Labute approximate surface area is 555 Å². The van der Waals surface area contributed by atoms with Crippen LogP contribution in [0.1, 0.15) is 169 Å². The van der Waals surface area contributed by atoms with E-state index < -0.39 is 11.9 Å². The maximum Gasteiger partial charge on any atom is 2.00 e. The van der Waals surface area contributed by atoms with Gasteiger partial charge in [0.1, 0.15) is 17.6 Å². The number of pyridine rings is 4. The van der Waals surface area contributed by atoms with Gasteiger partial charge in [0, 0.05) is 72.1 Å². The molecular weight excluding hydrogens is 1280 g/mol. The van der Waals surface area contributed by atoms with Crippen LogP contribution in [-0.4, -0.2) is 71.3 Å². The molecule has 1 fully saturated rings. The van der Waals surface area contributed by atoms with Crippen LogP contribution in [0, 0.1) is 0 Å². The number of hydrogen-bond acceptors (Lipinski definition) is 16. The summed E-state index contributed by atoms with van der Waals surface area (Å²) in [7, 11) is 3.07. The number of carboxylic acids is 2. The number of aliphatic carboxylic acids is 2. The van der Waals surface area contributed by atoms with Crippen molar-refractivity contribution in [2.75, 3.05) is 22.6 Å². The first-order valence-electron chi connectivity index (χ1n) is 28.9. The monoisotopic (exact) mass is 1360 g/mol. The van der Waals surface area contributed by atoms with Gasteiger partial charge in [0.25, 0.3) is 5.91 Å². The number of rotatable bonds is 23. The molecule has 8 rings (SSSR count). The van der Waals surface area contributed by atoms with Gasteiger partial charge in [-0.1, -0.05) is 155 Å². The van der Waals surface area contributed by atoms with Crippen molar-refractivity contribution in [3.05, 3.63) is 210 Å².